The van der Waals surface area contributed by atoms with Crippen molar-refractivity contribution in [2.75, 3.05) is 10.6 Å². The van der Waals surface area contributed by atoms with E-state index in [1.165, 1.54) is 29.5 Å². The van der Waals surface area contributed by atoms with E-state index in [1.807, 2.05) is 0 Å². The Balaban J connectivity index is 2.11. The van der Waals surface area contributed by atoms with Gasteiger partial charge < -0.3 is 20.5 Å². The normalized spacial score (nSPS) is 10.5. The molecule has 2 rings (SSSR count). The van der Waals surface area contributed by atoms with Gasteiger partial charge in [0.25, 0.3) is 5.91 Å². The molecular formula is C15H10ClN2O4S-. The Morgan fingerprint density at radius 1 is 1.13 bits per heavy atom. The number of anilines is 2. The van der Waals surface area contributed by atoms with E-state index in [4.69, 9.17) is 11.6 Å². The summed E-state index contributed by atoms with van der Waals surface area (Å²) in [6, 6.07) is 7.92. The van der Waals surface area contributed by atoms with Gasteiger partial charge in [0.1, 0.15) is 0 Å². The fraction of sp³-hybridized carbons (Fsp3) is 0. The molecule has 0 unspecified atom stereocenters. The van der Waals surface area contributed by atoms with Crippen LogP contribution in [-0.2, 0) is 9.59 Å². The number of carboxylic acids is 1. The molecule has 0 atom stereocenters. The minimum atomic E-state index is -1.47. The first-order valence-corrected chi connectivity index (χ1v) is 7.56. The number of nitrogens with one attached hydrogen (secondary N) is 2. The van der Waals surface area contributed by atoms with Crippen molar-refractivity contribution in [3.05, 3.63) is 57.8 Å². The van der Waals surface area contributed by atoms with Crippen LogP contribution in [0, 0.1) is 0 Å². The number of benzene rings is 1. The van der Waals surface area contributed by atoms with Crippen molar-refractivity contribution >= 4 is 52.1 Å². The van der Waals surface area contributed by atoms with Gasteiger partial charge in [-0.2, -0.15) is 0 Å². The second-order valence-corrected chi connectivity index (χ2v) is 5.62. The molecule has 0 fully saturated rings. The molecule has 23 heavy (non-hydrogen) atoms. The lowest BCUT2D eigenvalue weighted by molar-refractivity contribution is -0.297. The molecule has 0 aliphatic heterocycles. The van der Waals surface area contributed by atoms with Crippen LogP contribution in [0.15, 0.2) is 47.9 Å². The Hall–Kier alpha value is -2.64. The summed E-state index contributed by atoms with van der Waals surface area (Å²) < 4.78 is 0. The van der Waals surface area contributed by atoms with Crippen LogP contribution in [0.4, 0.5) is 11.4 Å². The Labute approximate surface area is 140 Å². The minimum absolute atomic E-state index is 0.304. The molecule has 2 N–H and O–H groups in total. The summed E-state index contributed by atoms with van der Waals surface area (Å²) in [4.78, 5) is 34.3. The highest BCUT2D eigenvalue weighted by Crippen LogP contribution is 2.26. The molecule has 2 amide bonds. The van der Waals surface area contributed by atoms with Gasteiger partial charge in [-0.1, -0.05) is 17.7 Å². The third-order valence-electron chi connectivity index (χ3n) is 2.60. The smallest absolute Gasteiger partial charge is 0.265 e. The number of rotatable bonds is 5. The topological polar surface area (TPSA) is 98.3 Å². The number of thiophene rings is 1. The van der Waals surface area contributed by atoms with Crippen molar-refractivity contribution in [1.29, 1.82) is 0 Å². The lowest BCUT2D eigenvalue weighted by atomic mass is 10.2. The first-order chi connectivity index (χ1) is 11.0. The van der Waals surface area contributed by atoms with Crippen LogP contribution in [0.1, 0.15) is 9.67 Å². The van der Waals surface area contributed by atoms with E-state index in [9.17, 15) is 19.5 Å². The molecule has 0 aliphatic carbocycles. The molecule has 118 valence electrons. The summed E-state index contributed by atoms with van der Waals surface area (Å²) >= 11 is 7.30. The highest BCUT2D eigenvalue weighted by atomic mass is 35.5. The second kappa shape index (κ2) is 7.57. The molecule has 0 bridgehead atoms. The fourth-order valence-electron chi connectivity index (χ4n) is 1.62. The highest BCUT2D eigenvalue weighted by molar-refractivity contribution is 7.12. The van der Waals surface area contributed by atoms with Crippen LogP contribution in [-0.4, -0.2) is 17.8 Å². The van der Waals surface area contributed by atoms with E-state index in [0.29, 0.717) is 27.4 Å². The van der Waals surface area contributed by atoms with Crippen molar-refractivity contribution in [1.82, 2.24) is 0 Å². The third kappa shape index (κ3) is 4.94. The Morgan fingerprint density at radius 3 is 2.57 bits per heavy atom. The van der Waals surface area contributed by atoms with Gasteiger partial charge in [0.2, 0.25) is 5.91 Å². The average molecular weight is 350 g/mol. The monoisotopic (exact) mass is 349 g/mol. The SMILES string of the molecule is O=C([O-])/C=C/C(=O)Nc1ccc(Cl)c(NC(=O)c2cccs2)c1. The van der Waals surface area contributed by atoms with Crippen molar-refractivity contribution in [2.24, 2.45) is 0 Å². The van der Waals surface area contributed by atoms with E-state index in [0.717, 1.165) is 6.08 Å². The van der Waals surface area contributed by atoms with Gasteiger partial charge >= 0.3 is 0 Å². The molecule has 8 heteroatoms. The van der Waals surface area contributed by atoms with Crippen LogP contribution >= 0.6 is 22.9 Å². The van der Waals surface area contributed by atoms with Crippen LogP contribution in [0.5, 0.6) is 0 Å². The minimum Gasteiger partial charge on any atom is -0.545 e. The number of carbonyl (C=O) groups excluding carboxylic acids is 3. The van der Waals surface area contributed by atoms with Gasteiger partial charge in [-0.3, -0.25) is 9.59 Å². The van der Waals surface area contributed by atoms with E-state index in [2.05, 4.69) is 10.6 Å². The highest BCUT2D eigenvalue weighted by Gasteiger charge is 2.10. The Morgan fingerprint density at radius 2 is 1.91 bits per heavy atom. The number of amides is 2. The summed E-state index contributed by atoms with van der Waals surface area (Å²) in [6.07, 6.45) is 1.44. The fourth-order valence-corrected chi connectivity index (χ4v) is 2.40. The van der Waals surface area contributed by atoms with E-state index in [1.54, 1.807) is 17.5 Å². The number of halogens is 1. The molecular weight excluding hydrogens is 340 g/mol. The molecule has 1 heterocycles. The summed E-state index contributed by atoms with van der Waals surface area (Å²) in [5, 5.41) is 17.4. The van der Waals surface area contributed by atoms with Gasteiger partial charge in [-0.25, -0.2) is 0 Å². The third-order valence-corrected chi connectivity index (χ3v) is 3.80. The van der Waals surface area contributed by atoms with Crippen LogP contribution in [0.25, 0.3) is 0 Å². The van der Waals surface area contributed by atoms with E-state index >= 15 is 0 Å². The van der Waals surface area contributed by atoms with Crippen molar-refractivity contribution in [2.45, 2.75) is 0 Å². The maximum absolute atomic E-state index is 12.0. The molecule has 0 radical (unpaired) electrons. The largest absolute Gasteiger partial charge is 0.545 e. The predicted molar refractivity (Wildman–Crippen MR) is 86.5 cm³/mol. The predicted octanol–water partition coefficient (Wildman–Crippen LogP) is 1.90. The molecule has 0 saturated heterocycles. The molecule has 1 aromatic carbocycles. The quantitative estimate of drug-likeness (QED) is 0.805. The zero-order valence-electron chi connectivity index (χ0n) is 11.5. The Bertz CT molecular complexity index is 772. The molecule has 0 aliphatic rings. The second-order valence-electron chi connectivity index (χ2n) is 4.27. The molecule has 0 spiro atoms. The summed E-state index contributed by atoms with van der Waals surface area (Å²) in [5.74, 6) is -2.44. The first kappa shape index (κ1) is 16.7. The molecule has 6 nitrogen and oxygen atoms in total. The maximum atomic E-state index is 12.0. The van der Waals surface area contributed by atoms with Gasteiger partial charge in [-0.05, 0) is 35.7 Å². The van der Waals surface area contributed by atoms with E-state index in [-0.39, 0.29) is 5.91 Å². The van der Waals surface area contributed by atoms with Crippen molar-refractivity contribution < 1.29 is 19.5 Å². The molecule has 1 aromatic heterocycles. The van der Waals surface area contributed by atoms with Gasteiger partial charge in [0.15, 0.2) is 0 Å². The zero-order valence-corrected chi connectivity index (χ0v) is 13.1. The summed E-state index contributed by atoms with van der Waals surface area (Å²) in [6.45, 7) is 0. The first-order valence-electron chi connectivity index (χ1n) is 6.30. The molecule has 0 saturated carbocycles. The summed E-state index contributed by atoms with van der Waals surface area (Å²) in [5.41, 5.74) is 0.677. The van der Waals surface area contributed by atoms with Crippen LogP contribution in [0.2, 0.25) is 5.02 Å². The van der Waals surface area contributed by atoms with Gasteiger partial charge in [0, 0.05) is 11.8 Å². The van der Waals surface area contributed by atoms with Gasteiger partial charge in [-0.15, -0.1) is 11.3 Å². The summed E-state index contributed by atoms with van der Waals surface area (Å²) in [7, 11) is 0. The number of hydrogen-bond acceptors (Lipinski definition) is 5. The number of aliphatic carboxylic acids is 1. The lowest BCUT2D eigenvalue weighted by Gasteiger charge is -2.09. The van der Waals surface area contributed by atoms with Crippen molar-refractivity contribution in [3.63, 3.8) is 0 Å². The Kier molecular flexibility index (Phi) is 5.51. The maximum Gasteiger partial charge on any atom is 0.265 e. The zero-order chi connectivity index (χ0) is 16.8. The average Bonchev–Trinajstić information content (AvgIpc) is 3.03. The standard InChI is InChI=1S/C15H11ClN2O4S/c16-10-4-3-9(17-13(19)5-6-14(20)21)8-11(10)18-15(22)12-2-1-7-23-12/h1-8H,(H,17,19)(H,18,22)(H,20,21)/p-1/b6-5+. The van der Waals surface area contributed by atoms with Crippen molar-refractivity contribution in [3.8, 4) is 0 Å². The number of carboxylic acid groups (broad SMARTS) is 1. The lowest BCUT2D eigenvalue weighted by Crippen LogP contribution is -2.20. The molecule has 2 aromatic rings. The van der Waals surface area contributed by atoms with Crippen LogP contribution < -0.4 is 15.7 Å². The van der Waals surface area contributed by atoms with Gasteiger partial charge in [0.05, 0.1) is 21.6 Å². The van der Waals surface area contributed by atoms with Crippen LogP contribution in [0.3, 0.4) is 0 Å². The van der Waals surface area contributed by atoms with E-state index < -0.39 is 11.9 Å². The number of hydrogen-bond donors (Lipinski definition) is 2. The number of carbonyl (C=O) groups is 3.